The third-order valence-corrected chi connectivity index (χ3v) is 2.16. The van der Waals surface area contributed by atoms with Crippen molar-refractivity contribution in [2.45, 2.75) is 3.91 Å². The Hall–Kier alpha value is -0.750. The highest BCUT2D eigenvalue weighted by Crippen LogP contribution is 2.31. The third kappa shape index (κ3) is 1.07. The number of alkyl halides is 2. The summed E-state index contributed by atoms with van der Waals surface area (Å²) >= 11 is 9.07. The average molecular weight is 248 g/mol. The summed E-state index contributed by atoms with van der Waals surface area (Å²) < 4.78 is -1.11. The molecule has 2 N–H and O–H groups in total. The molecule has 7 heteroatoms. The molecule has 0 saturated carbocycles. The van der Waals surface area contributed by atoms with Crippen molar-refractivity contribution in [3.63, 3.8) is 0 Å². The van der Waals surface area contributed by atoms with Crippen molar-refractivity contribution in [1.29, 1.82) is 0 Å². The van der Waals surface area contributed by atoms with E-state index >= 15 is 0 Å². The van der Waals surface area contributed by atoms with E-state index in [0.29, 0.717) is 11.5 Å². The van der Waals surface area contributed by atoms with Crippen molar-refractivity contribution in [3.05, 3.63) is 0 Å². The van der Waals surface area contributed by atoms with Gasteiger partial charge in [0.1, 0.15) is 12.1 Å². The van der Waals surface area contributed by atoms with Crippen molar-refractivity contribution in [2.24, 2.45) is 25.7 Å². The first kappa shape index (κ1) is 7.88. The van der Waals surface area contributed by atoms with Crippen LogP contribution < -0.4 is 5.73 Å². The molecule has 0 bridgehead atoms. The number of amidine groups is 1. The molecule has 0 aromatic carbocycles. The summed E-state index contributed by atoms with van der Waals surface area (Å²) in [5.74, 6) is 0.504. The van der Waals surface area contributed by atoms with Gasteiger partial charge in [-0.15, -0.1) is 0 Å². The van der Waals surface area contributed by atoms with Crippen LogP contribution >= 0.6 is 27.5 Å². The van der Waals surface area contributed by atoms with E-state index < -0.39 is 3.91 Å². The first-order valence-electron chi connectivity index (χ1n) is 3.02. The second-order valence-corrected chi connectivity index (χ2v) is 4.32. The fourth-order valence-electron chi connectivity index (χ4n) is 0.884. The minimum absolute atomic E-state index is 0.0925. The lowest BCUT2D eigenvalue weighted by Crippen LogP contribution is -2.35. The highest BCUT2D eigenvalue weighted by Gasteiger charge is 2.38. The zero-order valence-corrected chi connectivity index (χ0v) is 8.04. The van der Waals surface area contributed by atoms with Crippen molar-refractivity contribution in [3.8, 4) is 0 Å². The number of nitrogens with two attached hydrogens (primary N) is 1. The normalized spacial score (nSPS) is 32.3. The summed E-state index contributed by atoms with van der Waals surface area (Å²) in [5.41, 5.74) is 5.86. The summed E-state index contributed by atoms with van der Waals surface area (Å²) in [6.45, 7) is 0. The molecule has 2 aliphatic rings. The molecular formula is C5H3BrClN5. The van der Waals surface area contributed by atoms with E-state index in [4.69, 9.17) is 17.3 Å². The molecule has 2 rings (SSSR count). The predicted octanol–water partition coefficient (Wildman–Crippen LogP) is 0.484. The van der Waals surface area contributed by atoms with Crippen LogP contribution in [0.2, 0.25) is 0 Å². The maximum atomic E-state index is 5.93. The lowest BCUT2D eigenvalue weighted by molar-refractivity contribution is 1.11. The monoisotopic (exact) mass is 247 g/mol. The summed E-state index contributed by atoms with van der Waals surface area (Å²) in [7, 11) is 0. The molecule has 2 aliphatic heterocycles. The summed E-state index contributed by atoms with van der Waals surface area (Å²) in [6.07, 6.45) is 1.36. The molecule has 0 radical (unpaired) electrons. The van der Waals surface area contributed by atoms with Crippen LogP contribution in [-0.2, 0) is 0 Å². The Morgan fingerprint density at radius 3 is 3.08 bits per heavy atom. The molecule has 0 spiro atoms. The zero-order chi connectivity index (χ0) is 8.77. The van der Waals surface area contributed by atoms with Crippen molar-refractivity contribution < 1.29 is 0 Å². The Kier molecular flexibility index (Phi) is 1.55. The van der Waals surface area contributed by atoms with Gasteiger partial charge in [-0.1, -0.05) is 11.6 Å². The van der Waals surface area contributed by atoms with E-state index in [1.807, 2.05) is 0 Å². The Labute approximate surface area is 81.3 Å². The van der Waals surface area contributed by atoms with Crippen molar-refractivity contribution in [1.82, 2.24) is 0 Å². The van der Waals surface area contributed by atoms with Gasteiger partial charge < -0.3 is 5.73 Å². The number of hydrogen-bond donors (Lipinski definition) is 1. The number of aliphatic imine (C=N–C) groups is 4. The van der Waals surface area contributed by atoms with Crippen LogP contribution in [0.25, 0.3) is 0 Å². The Morgan fingerprint density at radius 1 is 1.58 bits per heavy atom. The summed E-state index contributed by atoms with van der Waals surface area (Å²) in [6, 6.07) is 0. The van der Waals surface area contributed by atoms with E-state index in [2.05, 4.69) is 35.9 Å². The molecule has 1 unspecified atom stereocenters. The highest BCUT2D eigenvalue weighted by molar-refractivity contribution is 9.10. The van der Waals surface area contributed by atoms with Crippen LogP contribution in [0.4, 0.5) is 0 Å². The first-order valence-corrected chi connectivity index (χ1v) is 4.20. The second-order valence-electron chi connectivity index (χ2n) is 2.17. The van der Waals surface area contributed by atoms with E-state index in [1.165, 1.54) is 6.34 Å². The smallest absolute Gasteiger partial charge is 0.238 e. The van der Waals surface area contributed by atoms with E-state index in [1.54, 1.807) is 0 Å². The van der Waals surface area contributed by atoms with Gasteiger partial charge in [-0.05, 0) is 15.9 Å². The van der Waals surface area contributed by atoms with Gasteiger partial charge in [-0.3, -0.25) is 0 Å². The van der Waals surface area contributed by atoms with Gasteiger partial charge in [0.05, 0.1) is 0 Å². The molecule has 0 saturated heterocycles. The van der Waals surface area contributed by atoms with Crippen LogP contribution in [-0.4, -0.2) is 27.8 Å². The standard InChI is InChI=1S/C5H3BrClN5/c6-5(7)2-3(10-1-9-2)11-4(8)12-5/h1H,(H2,8,12). The Balaban J connectivity index is 2.54. The Bertz CT molecular complexity index is 353. The first-order chi connectivity index (χ1) is 5.59. The van der Waals surface area contributed by atoms with Crippen molar-refractivity contribution >= 4 is 51.4 Å². The molecule has 62 valence electrons. The van der Waals surface area contributed by atoms with Gasteiger partial charge in [-0.25, -0.2) is 15.0 Å². The lowest BCUT2D eigenvalue weighted by Gasteiger charge is -2.18. The molecule has 12 heavy (non-hydrogen) atoms. The molecule has 0 aliphatic carbocycles. The van der Waals surface area contributed by atoms with Gasteiger partial charge in [-0.2, -0.15) is 4.99 Å². The van der Waals surface area contributed by atoms with Crippen LogP contribution in [0.5, 0.6) is 0 Å². The van der Waals surface area contributed by atoms with Gasteiger partial charge in [0.25, 0.3) is 0 Å². The number of nitrogens with zero attached hydrogens (tertiary/aromatic N) is 4. The zero-order valence-electron chi connectivity index (χ0n) is 5.70. The molecule has 2 heterocycles. The van der Waals surface area contributed by atoms with Crippen LogP contribution in [0.15, 0.2) is 20.0 Å². The minimum Gasteiger partial charge on any atom is -0.368 e. The fraction of sp³-hybridized carbons (Fsp3) is 0.200. The second kappa shape index (κ2) is 2.37. The van der Waals surface area contributed by atoms with Crippen LogP contribution in [0.3, 0.4) is 0 Å². The number of halogens is 2. The van der Waals surface area contributed by atoms with Crippen molar-refractivity contribution in [2.75, 3.05) is 0 Å². The molecule has 0 amide bonds. The maximum Gasteiger partial charge on any atom is 0.238 e. The van der Waals surface area contributed by atoms with Gasteiger partial charge >= 0.3 is 0 Å². The number of guanidine groups is 1. The average Bonchev–Trinajstić information content (AvgIpc) is 2.32. The topological polar surface area (TPSA) is 75.5 Å². The quantitative estimate of drug-likeness (QED) is 0.491. The lowest BCUT2D eigenvalue weighted by atomic mass is 10.3. The molecule has 0 aromatic heterocycles. The van der Waals surface area contributed by atoms with Gasteiger partial charge in [0.2, 0.25) is 9.87 Å². The molecule has 1 atom stereocenters. The largest absolute Gasteiger partial charge is 0.368 e. The SMILES string of the molecule is NC1=NC(Cl)(Br)C2=NC=NC2=N1. The molecule has 0 fully saturated rings. The van der Waals surface area contributed by atoms with Crippen LogP contribution in [0, 0.1) is 0 Å². The Morgan fingerprint density at radius 2 is 2.33 bits per heavy atom. The summed E-state index contributed by atoms with van der Waals surface area (Å²) in [4.78, 5) is 15.4. The van der Waals surface area contributed by atoms with Gasteiger partial charge in [0, 0.05) is 0 Å². The maximum absolute atomic E-state index is 5.93. The molecule has 5 nitrogen and oxygen atoms in total. The van der Waals surface area contributed by atoms with Gasteiger partial charge in [0.15, 0.2) is 5.84 Å². The highest BCUT2D eigenvalue weighted by atomic mass is 79.9. The fourth-order valence-corrected chi connectivity index (χ4v) is 1.57. The predicted molar refractivity (Wildman–Crippen MR) is 52.5 cm³/mol. The van der Waals surface area contributed by atoms with E-state index in [0.717, 1.165) is 0 Å². The van der Waals surface area contributed by atoms with Crippen LogP contribution in [0.1, 0.15) is 0 Å². The molecule has 0 aromatic rings. The van der Waals surface area contributed by atoms with E-state index in [-0.39, 0.29) is 5.96 Å². The minimum atomic E-state index is -1.11. The number of fused-ring (bicyclic) bond motifs is 1. The number of hydrogen-bond acceptors (Lipinski definition) is 5. The number of rotatable bonds is 0. The van der Waals surface area contributed by atoms with E-state index in [9.17, 15) is 0 Å². The third-order valence-electron chi connectivity index (χ3n) is 1.34. The molecular weight excluding hydrogens is 245 g/mol. The summed E-state index contributed by atoms with van der Waals surface area (Å²) in [5, 5.41) is 0.